The number of nitrogens with one attached hydrogen (secondary N) is 1. The highest BCUT2D eigenvalue weighted by Crippen LogP contribution is 2.07. The molecule has 1 N–H and O–H groups in total. The molecule has 0 aliphatic heterocycles. The second-order valence-electron chi connectivity index (χ2n) is 2.14. The van der Waals surface area contributed by atoms with E-state index in [0.29, 0.717) is 11.2 Å². The molecule has 2 aromatic rings. The summed E-state index contributed by atoms with van der Waals surface area (Å²) in [5.74, 6) is 0. The molecule has 0 radical (unpaired) electrons. The zero-order valence-electron chi connectivity index (χ0n) is 5.57. The topological polar surface area (TPSA) is 65.4 Å². The van der Waals surface area contributed by atoms with Crippen molar-refractivity contribution in [2.75, 3.05) is 0 Å². The zero-order valence-corrected chi connectivity index (χ0v) is 5.57. The van der Waals surface area contributed by atoms with Crippen molar-refractivity contribution in [3.63, 3.8) is 0 Å². The van der Waals surface area contributed by atoms with Crippen LogP contribution >= 0.6 is 0 Å². The zero-order chi connectivity index (χ0) is 7.68. The molecule has 0 atom stereocenters. The maximum absolute atomic E-state index is 8.51. The van der Waals surface area contributed by atoms with Gasteiger partial charge in [0.15, 0.2) is 5.65 Å². The van der Waals surface area contributed by atoms with Gasteiger partial charge in [-0.15, -0.1) is 0 Å². The number of hydrogen-bond donors (Lipinski definition) is 1. The molecule has 0 aliphatic rings. The third kappa shape index (κ3) is 0.829. The monoisotopic (exact) mass is 144 g/mol. The van der Waals surface area contributed by atoms with Crippen molar-refractivity contribution in [1.29, 1.82) is 5.26 Å². The highest BCUT2D eigenvalue weighted by molar-refractivity contribution is 5.74. The molecule has 2 rings (SSSR count). The molecule has 0 aromatic carbocycles. The van der Waals surface area contributed by atoms with Crippen LogP contribution in [0.5, 0.6) is 0 Å². The van der Waals surface area contributed by atoms with Gasteiger partial charge in [-0.3, -0.25) is 5.10 Å². The van der Waals surface area contributed by atoms with Crippen molar-refractivity contribution < 1.29 is 0 Å². The van der Waals surface area contributed by atoms with Crippen LogP contribution in [-0.4, -0.2) is 15.2 Å². The molecule has 52 valence electrons. The SMILES string of the molecule is N#Cc1cnc2[nH]ncc2c1. The average Bonchev–Trinajstić information content (AvgIpc) is 2.50. The van der Waals surface area contributed by atoms with Gasteiger partial charge >= 0.3 is 0 Å². The van der Waals surface area contributed by atoms with E-state index in [1.165, 1.54) is 6.20 Å². The van der Waals surface area contributed by atoms with Crippen molar-refractivity contribution in [3.8, 4) is 6.07 Å². The van der Waals surface area contributed by atoms with Crippen LogP contribution in [0.25, 0.3) is 11.0 Å². The fourth-order valence-corrected chi connectivity index (χ4v) is 0.898. The van der Waals surface area contributed by atoms with Crippen LogP contribution in [0.2, 0.25) is 0 Å². The molecule has 0 unspecified atom stereocenters. The van der Waals surface area contributed by atoms with Gasteiger partial charge in [0.2, 0.25) is 0 Å². The van der Waals surface area contributed by atoms with Crippen molar-refractivity contribution in [1.82, 2.24) is 15.2 Å². The summed E-state index contributed by atoms with van der Waals surface area (Å²) in [5.41, 5.74) is 1.27. The summed E-state index contributed by atoms with van der Waals surface area (Å²) in [6.07, 6.45) is 3.16. The molecule has 0 saturated carbocycles. The van der Waals surface area contributed by atoms with Gasteiger partial charge in [0.25, 0.3) is 0 Å². The van der Waals surface area contributed by atoms with Crippen molar-refractivity contribution in [2.24, 2.45) is 0 Å². The molecular weight excluding hydrogens is 140 g/mol. The maximum atomic E-state index is 8.51. The van der Waals surface area contributed by atoms with Crippen LogP contribution in [0.4, 0.5) is 0 Å². The van der Waals surface area contributed by atoms with Crippen molar-refractivity contribution in [3.05, 3.63) is 24.0 Å². The lowest BCUT2D eigenvalue weighted by atomic mass is 10.2. The summed E-state index contributed by atoms with van der Waals surface area (Å²) < 4.78 is 0. The van der Waals surface area contributed by atoms with Gasteiger partial charge in [-0.1, -0.05) is 0 Å². The predicted molar refractivity (Wildman–Crippen MR) is 38.6 cm³/mol. The Labute approximate surface area is 62.5 Å². The lowest BCUT2D eigenvalue weighted by Gasteiger charge is -1.86. The molecule has 4 heteroatoms. The van der Waals surface area contributed by atoms with Gasteiger partial charge in [0.1, 0.15) is 6.07 Å². The maximum Gasteiger partial charge on any atom is 0.155 e. The van der Waals surface area contributed by atoms with E-state index in [1.807, 2.05) is 6.07 Å². The van der Waals surface area contributed by atoms with Crippen LogP contribution in [0, 0.1) is 11.3 Å². The van der Waals surface area contributed by atoms with Crippen LogP contribution < -0.4 is 0 Å². The second kappa shape index (κ2) is 2.06. The van der Waals surface area contributed by atoms with E-state index in [0.717, 1.165) is 5.39 Å². The standard InChI is InChI=1S/C7H4N4/c8-2-5-1-6-4-10-11-7(6)9-3-5/h1,3-4H,(H,9,10,11). The Hall–Kier alpha value is -1.89. The summed E-state index contributed by atoms with van der Waals surface area (Å²) in [6.45, 7) is 0. The van der Waals surface area contributed by atoms with E-state index in [9.17, 15) is 0 Å². The average molecular weight is 144 g/mol. The third-order valence-corrected chi connectivity index (χ3v) is 1.42. The number of nitrogens with zero attached hydrogens (tertiary/aromatic N) is 3. The fraction of sp³-hybridized carbons (Fsp3) is 0. The Morgan fingerprint density at radius 2 is 2.36 bits per heavy atom. The molecule has 2 heterocycles. The van der Waals surface area contributed by atoms with Crippen LogP contribution in [0.3, 0.4) is 0 Å². The van der Waals surface area contributed by atoms with Gasteiger partial charge in [0.05, 0.1) is 11.8 Å². The van der Waals surface area contributed by atoms with Crippen LogP contribution in [-0.2, 0) is 0 Å². The molecule has 0 fully saturated rings. The molecule has 0 spiro atoms. The Balaban J connectivity index is 2.79. The van der Waals surface area contributed by atoms with Crippen LogP contribution in [0.15, 0.2) is 18.5 Å². The Kier molecular flexibility index (Phi) is 1.10. The quantitative estimate of drug-likeness (QED) is 0.595. The Morgan fingerprint density at radius 3 is 3.18 bits per heavy atom. The fourth-order valence-electron chi connectivity index (χ4n) is 0.898. The molecule has 0 amide bonds. The van der Waals surface area contributed by atoms with Gasteiger partial charge in [-0.2, -0.15) is 10.4 Å². The molecular formula is C7H4N4. The molecule has 0 saturated heterocycles. The number of fused-ring (bicyclic) bond motifs is 1. The van der Waals surface area contributed by atoms with E-state index in [2.05, 4.69) is 15.2 Å². The summed E-state index contributed by atoms with van der Waals surface area (Å²) >= 11 is 0. The van der Waals surface area contributed by atoms with Crippen LogP contribution in [0.1, 0.15) is 5.56 Å². The van der Waals surface area contributed by atoms with E-state index < -0.39 is 0 Å². The number of pyridine rings is 1. The minimum atomic E-state index is 0.555. The summed E-state index contributed by atoms with van der Waals surface area (Å²) in [5, 5.41) is 15.9. The highest BCUT2D eigenvalue weighted by Gasteiger charge is 1.96. The van der Waals surface area contributed by atoms with Gasteiger partial charge in [-0.05, 0) is 6.07 Å². The minimum Gasteiger partial charge on any atom is -0.261 e. The Morgan fingerprint density at radius 1 is 1.45 bits per heavy atom. The first-order chi connectivity index (χ1) is 5.40. The lowest BCUT2D eigenvalue weighted by molar-refractivity contribution is 1.10. The number of nitriles is 1. The highest BCUT2D eigenvalue weighted by atomic mass is 15.1. The smallest absolute Gasteiger partial charge is 0.155 e. The predicted octanol–water partition coefficient (Wildman–Crippen LogP) is 0.830. The summed E-state index contributed by atoms with van der Waals surface area (Å²) in [4.78, 5) is 3.97. The summed E-state index contributed by atoms with van der Waals surface area (Å²) in [7, 11) is 0. The lowest BCUT2D eigenvalue weighted by Crippen LogP contribution is -1.78. The third-order valence-electron chi connectivity index (χ3n) is 1.42. The molecule has 0 aliphatic carbocycles. The van der Waals surface area contributed by atoms with E-state index in [1.54, 1.807) is 12.3 Å². The number of hydrogen-bond acceptors (Lipinski definition) is 3. The van der Waals surface area contributed by atoms with E-state index in [-0.39, 0.29) is 0 Å². The van der Waals surface area contributed by atoms with Crippen molar-refractivity contribution >= 4 is 11.0 Å². The van der Waals surface area contributed by atoms with Gasteiger partial charge < -0.3 is 0 Å². The number of H-pyrrole nitrogens is 1. The first kappa shape index (κ1) is 5.86. The molecule has 2 aromatic heterocycles. The largest absolute Gasteiger partial charge is 0.261 e. The van der Waals surface area contributed by atoms with E-state index in [4.69, 9.17) is 5.26 Å². The normalized spacial score (nSPS) is 9.73. The first-order valence-corrected chi connectivity index (χ1v) is 3.09. The molecule has 11 heavy (non-hydrogen) atoms. The second-order valence-corrected chi connectivity index (χ2v) is 2.14. The molecule has 0 bridgehead atoms. The van der Waals surface area contributed by atoms with Crippen molar-refractivity contribution in [2.45, 2.75) is 0 Å². The number of aromatic nitrogens is 3. The first-order valence-electron chi connectivity index (χ1n) is 3.09. The number of aromatic amines is 1. The van der Waals surface area contributed by atoms with E-state index >= 15 is 0 Å². The minimum absolute atomic E-state index is 0.555. The molecule has 4 nitrogen and oxygen atoms in total. The summed E-state index contributed by atoms with van der Waals surface area (Å²) in [6, 6.07) is 3.75. The Bertz CT molecular complexity index is 423. The number of rotatable bonds is 0. The van der Waals surface area contributed by atoms with Gasteiger partial charge in [0, 0.05) is 11.6 Å². The van der Waals surface area contributed by atoms with Gasteiger partial charge in [-0.25, -0.2) is 4.98 Å².